The van der Waals surface area contributed by atoms with E-state index in [9.17, 15) is 9.59 Å². The van der Waals surface area contributed by atoms with E-state index in [1.54, 1.807) is 16.8 Å². The van der Waals surface area contributed by atoms with Gasteiger partial charge >= 0.3 is 0 Å². The number of nitrogens with zero attached hydrogens (tertiary/aromatic N) is 4. The van der Waals surface area contributed by atoms with Crippen LogP contribution >= 0.6 is 11.8 Å². The molecule has 9 heteroatoms. The highest BCUT2D eigenvalue weighted by Gasteiger charge is 2.11. The number of aromatic nitrogens is 4. The molecule has 0 atom stereocenters. The quantitative estimate of drug-likeness (QED) is 0.443. The highest BCUT2D eigenvalue weighted by atomic mass is 32.2. The Bertz CT molecular complexity index is 927. The summed E-state index contributed by atoms with van der Waals surface area (Å²) < 4.78 is 1.58. The highest BCUT2D eigenvalue weighted by Crippen LogP contribution is 2.17. The number of nitrogens with one attached hydrogen (secondary N) is 2. The van der Waals surface area contributed by atoms with Gasteiger partial charge in [-0.3, -0.25) is 9.59 Å². The van der Waals surface area contributed by atoms with Crippen LogP contribution < -0.4 is 10.6 Å². The van der Waals surface area contributed by atoms with E-state index < -0.39 is 0 Å². The normalized spacial score (nSPS) is 10.5. The van der Waals surface area contributed by atoms with Crippen molar-refractivity contribution in [1.82, 2.24) is 30.8 Å². The Kier molecular flexibility index (Phi) is 6.74. The molecular weight excluding hydrogens is 376 g/mol. The summed E-state index contributed by atoms with van der Waals surface area (Å²) in [6, 6.07) is 16.8. The van der Waals surface area contributed by atoms with Gasteiger partial charge in [0.2, 0.25) is 11.1 Å². The van der Waals surface area contributed by atoms with Crippen molar-refractivity contribution in [2.24, 2.45) is 0 Å². The molecule has 0 aliphatic rings. The smallest absolute Gasteiger partial charge is 0.251 e. The summed E-state index contributed by atoms with van der Waals surface area (Å²) in [6.07, 6.45) is 0. The molecule has 0 aliphatic carbocycles. The molecule has 3 aromatic rings. The van der Waals surface area contributed by atoms with Crippen LogP contribution in [0.4, 0.5) is 0 Å². The van der Waals surface area contributed by atoms with Crippen molar-refractivity contribution >= 4 is 23.6 Å². The average molecular weight is 396 g/mol. The monoisotopic (exact) mass is 396 g/mol. The lowest BCUT2D eigenvalue weighted by Gasteiger charge is -2.07. The van der Waals surface area contributed by atoms with E-state index in [-0.39, 0.29) is 17.6 Å². The Hall–Kier alpha value is -3.20. The lowest BCUT2D eigenvalue weighted by Crippen LogP contribution is -2.35. The Morgan fingerprint density at radius 3 is 2.46 bits per heavy atom. The van der Waals surface area contributed by atoms with Crippen molar-refractivity contribution in [2.45, 2.75) is 12.1 Å². The number of tetrazole rings is 1. The summed E-state index contributed by atoms with van der Waals surface area (Å²) in [5.74, 6) is -0.137. The van der Waals surface area contributed by atoms with Gasteiger partial charge in [-0.1, -0.05) is 47.7 Å². The topological polar surface area (TPSA) is 102 Å². The van der Waals surface area contributed by atoms with Crippen LogP contribution in [0.1, 0.15) is 15.9 Å². The number of carbonyl (C=O) groups excluding carboxylic acids is 2. The van der Waals surface area contributed by atoms with Crippen molar-refractivity contribution in [2.75, 3.05) is 18.8 Å². The first kappa shape index (κ1) is 19.6. The fourth-order valence-corrected chi connectivity index (χ4v) is 3.09. The molecular formula is C19H20N6O2S. The van der Waals surface area contributed by atoms with E-state index in [4.69, 9.17) is 0 Å². The molecule has 1 heterocycles. The van der Waals surface area contributed by atoms with E-state index in [0.717, 1.165) is 11.3 Å². The number of para-hydroxylation sites is 1. The van der Waals surface area contributed by atoms with Gasteiger partial charge in [0, 0.05) is 18.7 Å². The van der Waals surface area contributed by atoms with Crippen LogP contribution in [0.2, 0.25) is 0 Å². The molecule has 1 aromatic heterocycles. The van der Waals surface area contributed by atoms with Crippen LogP contribution in [0, 0.1) is 6.92 Å². The van der Waals surface area contributed by atoms with Gasteiger partial charge in [-0.05, 0) is 41.6 Å². The predicted molar refractivity (Wildman–Crippen MR) is 106 cm³/mol. The van der Waals surface area contributed by atoms with E-state index in [1.807, 2.05) is 49.4 Å². The standard InChI is InChI=1S/C19H20N6O2S/c1-14-7-9-15(10-8-14)18(27)21-12-11-20-17(26)13-28-19-22-23-24-25(19)16-5-3-2-4-6-16/h2-10H,11-13H2,1H3,(H,20,26)(H,21,27). The molecule has 0 fully saturated rings. The number of aryl methyl sites for hydroxylation is 1. The molecule has 3 rings (SSSR count). The number of benzene rings is 2. The summed E-state index contributed by atoms with van der Waals surface area (Å²) in [5, 5.41) is 17.7. The zero-order valence-electron chi connectivity index (χ0n) is 15.3. The van der Waals surface area contributed by atoms with Crippen LogP contribution in [0.3, 0.4) is 0 Å². The maximum Gasteiger partial charge on any atom is 0.251 e. The Morgan fingerprint density at radius 1 is 1.00 bits per heavy atom. The predicted octanol–water partition coefficient (Wildman–Crippen LogP) is 1.61. The van der Waals surface area contributed by atoms with Crippen LogP contribution in [0.25, 0.3) is 5.69 Å². The first-order valence-corrected chi connectivity index (χ1v) is 9.70. The summed E-state index contributed by atoms with van der Waals surface area (Å²) in [5.41, 5.74) is 2.52. The van der Waals surface area contributed by atoms with Gasteiger partial charge in [0.15, 0.2) is 0 Å². The van der Waals surface area contributed by atoms with Crippen molar-refractivity contribution in [3.8, 4) is 5.69 Å². The van der Waals surface area contributed by atoms with Crippen molar-refractivity contribution < 1.29 is 9.59 Å². The van der Waals surface area contributed by atoms with Crippen molar-refractivity contribution in [1.29, 1.82) is 0 Å². The third-order valence-corrected chi connectivity index (χ3v) is 4.74. The van der Waals surface area contributed by atoms with Crippen LogP contribution in [0.5, 0.6) is 0 Å². The molecule has 2 N–H and O–H groups in total. The second-order valence-electron chi connectivity index (χ2n) is 5.97. The van der Waals surface area contributed by atoms with Gasteiger partial charge < -0.3 is 10.6 Å². The molecule has 8 nitrogen and oxygen atoms in total. The fraction of sp³-hybridized carbons (Fsp3) is 0.211. The summed E-state index contributed by atoms with van der Waals surface area (Å²) in [7, 11) is 0. The molecule has 0 saturated carbocycles. The molecule has 0 saturated heterocycles. The second-order valence-corrected chi connectivity index (χ2v) is 6.91. The minimum Gasteiger partial charge on any atom is -0.354 e. The molecule has 144 valence electrons. The van der Waals surface area contributed by atoms with E-state index >= 15 is 0 Å². The number of hydrogen-bond acceptors (Lipinski definition) is 6. The maximum absolute atomic E-state index is 12.0. The van der Waals surface area contributed by atoms with Gasteiger partial charge in [0.1, 0.15) is 0 Å². The van der Waals surface area contributed by atoms with Gasteiger partial charge in [-0.15, -0.1) is 5.10 Å². The zero-order valence-corrected chi connectivity index (χ0v) is 16.1. The summed E-state index contributed by atoms with van der Waals surface area (Å²) in [4.78, 5) is 24.0. The minimum absolute atomic E-state index is 0.155. The van der Waals surface area contributed by atoms with Crippen LogP contribution in [-0.4, -0.2) is 50.9 Å². The SMILES string of the molecule is Cc1ccc(C(=O)NCCNC(=O)CSc2nnnn2-c2ccccc2)cc1. The number of rotatable bonds is 8. The first-order chi connectivity index (χ1) is 13.6. The average Bonchev–Trinajstić information content (AvgIpc) is 3.19. The van der Waals surface area contributed by atoms with E-state index in [0.29, 0.717) is 23.8 Å². The lowest BCUT2D eigenvalue weighted by molar-refractivity contribution is -0.118. The Balaban J connectivity index is 1.39. The number of amides is 2. The molecule has 2 amide bonds. The molecule has 28 heavy (non-hydrogen) atoms. The zero-order chi connectivity index (χ0) is 19.8. The lowest BCUT2D eigenvalue weighted by atomic mass is 10.1. The molecule has 2 aromatic carbocycles. The van der Waals surface area contributed by atoms with E-state index in [2.05, 4.69) is 26.2 Å². The Labute approximate surface area is 166 Å². The van der Waals surface area contributed by atoms with Crippen molar-refractivity contribution in [3.05, 3.63) is 65.7 Å². The molecule has 0 unspecified atom stereocenters. The van der Waals surface area contributed by atoms with E-state index in [1.165, 1.54) is 11.8 Å². The molecule has 0 spiro atoms. The summed E-state index contributed by atoms with van der Waals surface area (Å²) >= 11 is 1.25. The maximum atomic E-state index is 12.0. The second kappa shape index (κ2) is 9.65. The van der Waals surface area contributed by atoms with Gasteiger partial charge in [-0.25, -0.2) is 0 Å². The highest BCUT2D eigenvalue weighted by molar-refractivity contribution is 7.99. The van der Waals surface area contributed by atoms with Gasteiger partial charge in [-0.2, -0.15) is 4.68 Å². The van der Waals surface area contributed by atoms with Crippen molar-refractivity contribution in [3.63, 3.8) is 0 Å². The molecule has 0 bridgehead atoms. The van der Waals surface area contributed by atoms with Crippen LogP contribution in [0.15, 0.2) is 59.8 Å². The Morgan fingerprint density at radius 2 is 1.71 bits per heavy atom. The third kappa shape index (κ3) is 5.40. The summed E-state index contributed by atoms with van der Waals surface area (Å²) in [6.45, 7) is 2.67. The third-order valence-electron chi connectivity index (χ3n) is 3.82. The number of thioether (sulfide) groups is 1. The fourth-order valence-electron chi connectivity index (χ4n) is 2.37. The molecule has 0 aliphatic heterocycles. The number of hydrogen-bond donors (Lipinski definition) is 2. The number of carbonyl (C=O) groups is 2. The molecule has 0 radical (unpaired) electrons. The minimum atomic E-state index is -0.161. The first-order valence-electron chi connectivity index (χ1n) is 8.71. The largest absolute Gasteiger partial charge is 0.354 e. The van der Waals surface area contributed by atoms with Gasteiger partial charge in [0.05, 0.1) is 11.4 Å². The van der Waals surface area contributed by atoms with Gasteiger partial charge in [0.25, 0.3) is 5.91 Å². The van der Waals surface area contributed by atoms with Crippen LogP contribution in [-0.2, 0) is 4.79 Å².